The SMILES string of the molecule is C/C(=C/[C@@H]1CCCN1S(=O)(=O)c1ccc(C)cc1)C(C)C. The zero-order valence-electron chi connectivity index (χ0n) is 13.3. The fourth-order valence-corrected chi connectivity index (χ4v) is 4.22. The van der Waals surface area contributed by atoms with Gasteiger partial charge in [0.05, 0.1) is 4.90 Å². The lowest BCUT2D eigenvalue weighted by Crippen LogP contribution is -2.34. The van der Waals surface area contributed by atoms with E-state index in [4.69, 9.17) is 0 Å². The van der Waals surface area contributed by atoms with E-state index in [1.54, 1.807) is 16.4 Å². The van der Waals surface area contributed by atoms with Crippen molar-refractivity contribution in [1.29, 1.82) is 0 Å². The minimum atomic E-state index is -3.39. The second-order valence-electron chi connectivity index (χ2n) is 6.20. The van der Waals surface area contributed by atoms with Gasteiger partial charge in [-0.1, -0.05) is 43.2 Å². The smallest absolute Gasteiger partial charge is 0.207 e. The van der Waals surface area contributed by atoms with Gasteiger partial charge in [-0.2, -0.15) is 4.31 Å². The quantitative estimate of drug-likeness (QED) is 0.794. The normalized spacial score (nSPS) is 21.2. The third-order valence-corrected chi connectivity index (χ3v) is 6.18. The van der Waals surface area contributed by atoms with Gasteiger partial charge in [0.2, 0.25) is 10.0 Å². The molecule has 4 heteroatoms. The molecule has 0 amide bonds. The fourth-order valence-electron chi connectivity index (χ4n) is 2.57. The lowest BCUT2D eigenvalue weighted by molar-refractivity contribution is 0.430. The molecule has 0 N–H and O–H groups in total. The second kappa shape index (κ2) is 6.32. The van der Waals surface area contributed by atoms with Crippen LogP contribution in [0.2, 0.25) is 0 Å². The van der Waals surface area contributed by atoms with Gasteiger partial charge in [-0.15, -0.1) is 0 Å². The summed E-state index contributed by atoms with van der Waals surface area (Å²) in [6, 6.07) is 7.12. The Morgan fingerprint density at radius 1 is 1.29 bits per heavy atom. The van der Waals surface area contributed by atoms with Crippen molar-refractivity contribution in [3.63, 3.8) is 0 Å². The fraction of sp³-hybridized carbons (Fsp3) is 0.529. The molecule has 21 heavy (non-hydrogen) atoms. The van der Waals surface area contributed by atoms with Crippen LogP contribution in [-0.4, -0.2) is 25.3 Å². The number of hydrogen-bond donors (Lipinski definition) is 0. The Morgan fingerprint density at radius 2 is 1.90 bits per heavy atom. The Balaban J connectivity index is 2.30. The second-order valence-corrected chi connectivity index (χ2v) is 8.09. The van der Waals surface area contributed by atoms with E-state index in [0.717, 1.165) is 18.4 Å². The topological polar surface area (TPSA) is 37.4 Å². The van der Waals surface area contributed by atoms with E-state index in [0.29, 0.717) is 17.4 Å². The van der Waals surface area contributed by atoms with E-state index in [-0.39, 0.29) is 6.04 Å². The van der Waals surface area contributed by atoms with Gasteiger partial charge in [-0.05, 0) is 44.7 Å². The van der Waals surface area contributed by atoms with Crippen LogP contribution in [0.25, 0.3) is 0 Å². The molecular formula is C17H25NO2S. The van der Waals surface area contributed by atoms with E-state index >= 15 is 0 Å². The van der Waals surface area contributed by atoms with Gasteiger partial charge in [-0.3, -0.25) is 0 Å². The van der Waals surface area contributed by atoms with Gasteiger partial charge >= 0.3 is 0 Å². The van der Waals surface area contributed by atoms with Crippen molar-refractivity contribution in [2.45, 2.75) is 51.5 Å². The lowest BCUT2D eigenvalue weighted by atomic mass is 10.0. The van der Waals surface area contributed by atoms with Crippen LogP contribution in [0.4, 0.5) is 0 Å². The van der Waals surface area contributed by atoms with Gasteiger partial charge < -0.3 is 0 Å². The molecule has 116 valence electrons. The average Bonchev–Trinajstić information content (AvgIpc) is 2.88. The summed E-state index contributed by atoms with van der Waals surface area (Å²) < 4.78 is 27.3. The van der Waals surface area contributed by atoms with Crippen molar-refractivity contribution < 1.29 is 8.42 Å². The number of sulfonamides is 1. The molecule has 3 nitrogen and oxygen atoms in total. The van der Waals surface area contributed by atoms with E-state index in [1.807, 2.05) is 19.1 Å². The molecule has 0 spiro atoms. The van der Waals surface area contributed by atoms with Crippen molar-refractivity contribution in [3.8, 4) is 0 Å². The molecule has 0 bridgehead atoms. The van der Waals surface area contributed by atoms with Crippen LogP contribution in [0.15, 0.2) is 40.8 Å². The Hall–Kier alpha value is -1.13. The summed E-state index contributed by atoms with van der Waals surface area (Å²) in [6.07, 6.45) is 3.97. The molecule has 0 saturated carbocycles. The van der Waals surface area contributed by atoms with Gasteiger partial charge in [0.25, 0.3) is 0 Å². The number of rotatable bonds is 4. The maximum absolute atomic E-state index is 12.8. The highest BCUT2D eigenvalue weighted by atomic mass is 32.2. The van der Waals surface area contributed by atoms with E-state index in [9.17, 15) is 8.42 Å². The van der Waals surface area contributed by atoms with Crippen LogP contribution in [0, 0.1) is 12.8 Å². The molecule has 0 unspecified atom stereocenters. The highest BCUT2D eigenvalue weighted by molar-refractivity contribution is 7.89. The molecule has 0 aliphatic carbocycles. The molecule has 1 aliphatic rings. The predicted octanol–water partition coefficient (Wildman–Crippen LogP) is 3.75. The highest BCUT2D eigenvalue weighted by Gasteiger charge is 2.34. The summed E-state index contributed by atoms with van der Waals surface area (Å²) in [4.78, 5) is 0.399. The predicted molar refractivity (Wildman–Crippen MR) is 86.7 cm³/mol. The van der Waals surface area contributed by atoms with E-state index in [1.165, 1.54) is 5.57 Å². The van der Waals surface area contributed by atoms with Crippen molar-refractivity contribution in [1.82, 2.24) is 4.31 Å². The molecule has 1 atom stereocenters. The Morgan fingerprint density at radius 3 is 2.48 bits per heavy atom. The van der Waals surface area contributed by atoms with Crippen LogP contribution < -0.4 is 0 Å². The number of aryl methyl sites for hydroxylation is 1. The van der Waals surface area contributed by atoms with Crippen LogP contribution in [0.5, 0.6) is 0 Å². The first-order chi connectivity index (χ1) is 9.82. The monoisotopic (exact) mass is 307 g/mol. The number of hydrogen-bond acceptors (Lipinski definition) is 2. The lowest BCUT2D eigenvalue weighted by Gasteiger charge is -2.23. The van der Waals surface area contributed by atoms with Crippen LogP contribution in [0.1, 0.15) is 39.2 Å². The third kappa shape index (κ3) is 3.55. The largest absolute Gasteiger partial charge is 0.243 e. The molecule has 1 heterocycles. The van der Waals surface area contributed by atoms with E-state index < -0.39 is 10.0 Å². The van der Waals surface area contributed by atoms with Gasteiger partial charge in [-0.25, -0.2) is 8.42 Å². The molecule has 1 fully saturated rings. The van der Waals surface area contributed by atoms with E-state index in [2.05, 4.69) is 26.8 Å². The van der Waals surface area contributed by atoms with Crippen molar-refractivity contribution >= 4 is 10.0 Å². The molecule has 0 radical (unpaired) electrons. The van der Waals surface area contributed by atoms with Gasteiger partial charge in [0.15, 0.2) is 0 Å². The van der Waals surface area contributed by atoms with Crippen molar-refractivity contribution in [3.05, 3.63) is 41.5 Å². The molecular weight excluding hydrogens is 282 g/mol. The highest BCUT2D eigenvalue weighted by Crippen LogP contribution is 2.28. The maximum atomic E-state index is 12.8. The standard InChI is InChI=1S/C17H25NO2S/c1-13(2)15(4)12-16-6-5-11-18(16)21(19,20)17-9-7-14(3)8-10-17/h7-10,12-13,16H,5-6,11H2,1-4H3/b15-12-/t16-/m0/s1. The molecule has 2 rings (SSSR count). The summed E-state index contributed by atoms with van der Waals surface area (Å²) in [5.41, 5.74) is 2.33. The van der Waals surface area contributed by atoms with Crippen LogP contribution in [0.3, 0.4) is 0 Å². The third-order valence-electron chi connectivity index (χ3n) is 4.24. The summed E-state index contributed by atoms with van der Waals surface area (Å²) in [7, 11) is -3.39. The first kappa shape index (κ1) is 16.2. The molecule has 0 aromatic heterocycles. The molecule has 1 aromatic carbocycles. The minimum absolute atomic E-state index is 0.00120. The molecule has 1 aliphatic heterocycles. The van der Waals surface area contributed by atoms with Gasteiger partial charge in [0, 0.05) is 12.6 Å². The van der Waals surface area contributed by atoms with Crippen molar-refractivity contribution in [2.24, 2.45) is 5.92 Å². The zero-order chi connectivity index (χ0) is 15.6. The minimum Gasteiger partial charge on any atom is -0.207 e. The first-order valence-corrected chi connectivity index (χ1v) is 9.03. The van der Waals surface area contributed by atoms with Crippen LogP contribution in [-0.2, 0) is 10.0 Å². The van der Waals surface area contributed by atoms with Crippen LogP contribution >= 0.6 is 0 Å². The Kier molecular flexibility index (Phi) is 4.89. The summed E-state index contributed by atoms with van der Waals surface area (Å²) in [5.74, 6) is 0.453. The Bertz CT molecular complexity index is 615. The number of allylic oxidation sites excluding steroid dienone is 1. The Labute approximate surface area is 128 Å². The summed E-state index contributed by atoms with van der Waals surface area (Å²) in [6.45, 7) is 8.94. The zero-order valence-corrected chi connectivity index (χ0v) is 14.2. The summed E-state index contributed by atoms with van der Waals surface area (Å²) >= 11 is 0. The number of nitrogens with zero attached hydrogens (tertiary/aromatic N) is 1. The van der Waals surface area contributed by atoms with Crippen molar-refractivity contribution in [2.75, 3.05) is 6.54 Å². The maximum Gasteiger partial charge on any atom is 0.243 e. The average molecular weight is 307 g/mol. The number of benzene rings is 1. The molecule has 1 saturated heterocycles. The summed E-state index contributed by atoms with van der Waals surface area (Å²) in [5, 5.41) is 0. The molecule has 1 aromatic rings. The van der Waals surface area contributed by atoms with Gasteiger partial charge in [0.1, 0.15) is 0 Å². The first-order valence-electron chi connectivity index (χ1n) is 7.59.